The Hall–Kier alpha value is -2.62. The van der Waals surface area contributed by atoms with E-state index in [1.165, 1.54) is 0 Å². The molecule has 2 aromatic rings. The number of esters is 1. The van der Waals surface area contributed by atoms with Gasteiger partial charge < -0.3 is 9.64 Å². The van der Waals surface area contributed by atoms with E-state index >= 15 is 0 Å². The number of amides is 1. The molecule has 1 amide bonds. The van der Waals surface area contributed by atoms with Crippen LogP contribution in [0.2, 0.25) is 0 Å². The number of carbonyl (C=O) groups is 2. The highest BCUT2D eigenvalue weighted by atomic mass is 16.5. The second kappa shape index (κ2) is 5.48. The van der Waals surface area contributed by atoms with Crippen LogP contribution in [0, 0.1) is 0 Å². The molecule has 2 heterocycles. The van der Waals surface area contributed by atoms with Crippen LogP contribution in [-0.4, -0.2) is 29.9 Å². The molecule has 0 fully saturated rings. The van der Waals surface area contributed by atoms with E-state index in [4.69, 9.17) is 4.74 Å². The molecule has 0 saturated heterocycles. The number of hydrogen-bond acceptors (Lipinski definition) is 3. The first-order valence-corrected chi connectivity index (χ1v) is 8.34. The van der Waals surface area contributed by atoms with E-state index in [0.29, 0.717) is 25.1 Å². The lowest BCUT2D eigenvalue weighted by atomic mass is 9.73. The molecule has 4 nitrogen and oxygen atoms in total. The van der Waals surface area contributed by atoms with Gasteiger partial charge in [0.15, 0.2) is 5.54 Å². The zero-order valence-electron chi connectivity index (χ0n) is 13.6. The number of fused-ring (bicyclic) bond motifs is 4. The quantitative estimate of drug-likeness (QED) is 0.799. The summed E-state index contributed by atoms with van der Waals surface area (Å²) in [6.45, 7) is 2.63. The van der Waals surface area contributed by atoms with Crippen LogP contribution in [0.1, 0.15) is 34.0 Å². The van der Waals surface area contributed by atoms with Crippen LogP contribution in [-0.2, 0) is 27.9 Å². The molecular formula is C20H19NO3. The number of carbonyl (C=O) groups excluding carboxylic acids is 2. The van der Waals surface area contributed by atoms with Crippen LogP contribution in [0.25, 0.3) is 0 Å². The van der Waals surface area contributed by atoms with E-state index in [1.807, 2.05) is 48.5 Å². The van der Waals surface area contributed by atoms with Crippen molar-refractivity contribution in [3.05, 3.63) is 70.8 Å². The van der Waals surface area contributed by atoms with Gasteiger partial charge >= 0.3 is 5.97 Å². The minimum absolute atomic E-state index is 0.0839. The topological polar surface area (TPSA) is 46.6 Å². The van der Waals surface area contributed by atoms with E-state index in [0.717, 1.165) is 23.1 Å². The Balaban J connectivity index is 1.97. The number of ether oxygens (including phenoxy) is 1. The smallest absolute Gasteiger partial charge is 0.337 e. The molecule has 1 atom stereocenters. The molecule has 2 aliphatic heterocycles. The summed E-state index contributed by atoms with van der Waals surface area (Å²) in [6, 6.07) is 15.5. The highest BCUT2D eigenvalue weighted by Crippen LogP contribution is 2.44. The summed E-state index contributed by atoms with van der Waals surface area (Å²) in [6.07, 6.45) is 1.22. The summed E-state index contributed by atoms with van der Waals surface area (Å²) in [5.41, 5.74) is 2.57. The van der Waals surface area contributed by atoms with Crippen molar-refractivity contribution in [1.82, 2.24) is 4.90 Å². The largest absolute Gasteiger partial charge is 0.464 e. The van der Waals surface area contributed by atoms with Gasteiger partial charge in [-0.3, -0.25) is 4.79 Å². The van der Waals surface area contributed by atoms with Crippen molar-refractivity contribution in [2.45, 2.75) is 25.3 Å². The average molecular weight is 321 g/mol. The standard InChI is InChI=1S/C20H19NO3/c1-2-24-19(23)20-13-15-8-3-5-9-16(15)18(22)21(20)12-11-14-7-4-6-10-17(14)20/h3-10H,2,11-13H2,1H3. The van der Waals surface area contributed by atoms with Gasteiger partial charge in [0.1, 0.15) is 0 Å². The lowest BCUT2D eigenvalue weighted by molar-refractivity contribution is -0.158. The molecule has 0 aliphatic carbocycles. The molecule has 4 rings (SSSR count). The van der Waals surface area contributed by atoms with Crippen molar-refractivity contribution < 1.29 is 14.3 Å². The van der Waals surface area contributed by atoms with Gasteiger partial charge in [-0.15, -0.1) is 0 Å². The second-order valence-electron chi connectivity index (χ2n) is 6.28. The third-order valence-electron chi connectivity index (χ3n) is 5.08. The SMILES string of the molecule is CCOC(=O)C12Cc3ccccc3C(=O)N1CCc1ccccc12. The molecule has 0 bridgehead atoms. The summed E-state index contributed by atoms with van der Waals surface area (Å²) in [4.78, 5) is 27.9. The fourth-order valence-corrected chi connectivity index (χ4v) is 4.02. The molecule has 0 N–H and O–H groups in total. The van der Waals surface area contributed by atoms with Crippen LogP contribution in [0.15, 0.2) is 48.5 Å². The van der Waals surface area contributed by atoms with Gasteiger partial charge in [0.2, 0.25) is 0 Å². The summed E-state index contributed by atoms with van der Waals surface area (Å²) in [7, 11) is 0. The van der Waals surface area contributed by atoms with Gasteiger partial charge in [0, 0.05) is 18.5 Å². The minimum atomic E-state index is -1.05. The van der Waals surface area contributed by atoms with Crippen LogP contribution in [0.4, 0.5) is 0 Å². The van der Waals surface area contributed by atoms with Crippen molar-refractivity contribution in [3.8, 4) is 0 Å². The number of rotatable bonds is 2. The highest BCUT2D eigenvalue weighted by molar-refractivity contribution is 6.02. The van der Waals surface area contributed by atoms with Crippen molar-refractivity contribution in [2.24, 2.45) is 0 Å². The Morgan fingerprint density at radius 1 is 1.12 bits per heavy atom. The lowest BCUT2D eigenvalue weighted by Crippen LogP contribution is -2.62. The maximum absolute atomic E-state index is 13.1. The third-order valence-corrected chi connectivity index (χ3v) is 5.08. The monoisotopic (exact) mass is 321 g/mol. The van der Waals surface area contributed by atoms with Gasteiger partial charge in [-0.1, -0.05) is 42.5 Å². The summed E-state index contributed by atoms with van der Waals surface area (Å²) in [5.74, 6) is -0.417. The van der Waals surface area contributed by atoms with E-state index in [-0.39, 0.29) is 11.9 Å². The molecular weight excluding hydrogens is 302 g/mol. The molecule has 1 unspecified atom stereocenters. The lowest BCUT2D eigenvalue weighted by Gasteiger charge is -2.49. The predicted octanol–water partition coefficient (Wildman–Crippen LogP) is 2.70. The van der Waals surface area contributed by atoms with Crippen LogP contribution in [0.5, 0.6) is 0 Å². The maximum atomic E-state index is 13.1. The fourth-order valence-electron chi connectivity index (χ4n) is 4.02. The first-order chi connectivity index (χ1) is 11.7. The molecule has 4 heteroatoms. The molecule has 0 radical (unpaired) electrons. The molecule has 0 aromatic heterocycles. The molecule has 0 saturated carbocycles. The summed E-state index contributed by atoms with van der Waals surface area (Å²) >= 11 is 0. The predicted molar refractivity (Wildman–Crippen MR) is 89.6 cm³/mol. The van der Waals surface area contributed by atoms with Crippen molar-refractivity contribution >= 4 is 11.9 Å². The van der Waals surface area contributed by atoms with Crippen molar-refractivity contribution in [1.29, 1.82) is 0 Å². The number of nitrogens with zero attached hydrogens (tertiary/aromatic N) is 1. The van der Waals surface area contributed by atoms with Crippen molar-refractivity contribution in [2.75, 3.05) is 13.2 Å². The molecule has 122 valence electrons. The number of hydrogen-bond donors (Lipinski definition) is 0. The number of benzene rings is 2. The normalized spacial score (nSPS) is 21.5. The first kappa shape index (κ1) is 14.9. The Bertz CT molecular complexity index is 829. The van der Waals surface area contributed by atoms with E-state index < -0.39 is 5.54 Å². The summed E-state index contributed by atoms with van der Waals surface area (Å²) < 4.78 is 5.43. The van der Waals surface area contributed by atoms with E-state index in [2.05, 4.69) is 0 Å². The van der Waals surface area contributed by atoms with Gasteiger partial charge in [-0.2, -0.15) is 0 Å². The fraction of sp³-hybridized carbons (Fsp3) is 0.300. The van der Waals surface area contributed by atoms with E-state index in [1.54, 1.807) is 11.8 Å². The molecule has 0 spiro atoms. The minimum Gasteiger partial charge on any atom is -0.464 e. The van der Waals surface area contributed by atoms with Crippen molar-refractivity contribution in [3.63, 3.8) is 0 Å². The molecule has 2 aromatic carbocycles. The van der Waals surface area contributed by atoms with Gasteiger partial charge in [-0.25, -0.2) is 4.79 Å². The molecule has 2 aliphatic rings. The molecule has 24 heavy (non-hydrogen) atoms. The Morgan fingerprint density at radius 3 is 2.62 bits per heavy atom. The Kier molecular flexibility index (Phi) is 3.41. The zero-order valence-corrected chi connectivity index (χ0v) is 13.6. The van der Waals surface area contributed by atoms with Gasteiger partial charge in [0.25, 0.3) is 5.91 Å². The summed E-state index contributed by atoms with van der Waals surface area (Å²) in [5, 5.41) is 0. The average Bonchev–Trinajstić information content (AvgIpc) is 2.62. The Morgan fingerprint density at radius 2 is 1.83 bits per heavy atom. The van der Waals surface area contributed by atoms with E-state index in [9.17, 15) is 9.59 Å². The highest BCUT2D eigenvalue weighted by Gasteiger charge is 2.55. The first-order valence-electron chi connectivity index (χ1n) is 8.34. The maximum Gasteiger partial charge on any atom is 0.337 e. The van der Waals surface area contributed by atoms with Gasteiger partial charge in [0.05, 0.1) is 6.61 Å². The zero-order chi connectivity index (χ0) is 16.7. The second-order valence-corrected chi connectivity index (χ2v) is 6.28. The van der Waals surface area contributed by atoms with Crippen LogP contribution in [0.3, 0.4) is 0 Å². The van der Waals surface area contributed by atoms with Gasteiger partial charge in [-0.05, 0) is 36.1 Å². The Labute approximate surface area is 141 Å². The third kappa shape index (κ3) is 1.92. The van der Waals surface area contributed by atoms with Crippen LogP contribution >= 0.6 is 0 Å². The van der Waals surface area contributed by atoms with Crippen LogP contribution < -0.4 is 0 Å².